The molecule has 0 fully saturated rings. The van der Waals surface area contributed by atoms with Crippen molar-refractivity contribution in [1.82, 2.24) is 10.2 Å². The van der Waals surface area contributed by atoms with Crippen molar-refractivity contribution >= 4 is 27.5 Å². The molecule has 0 aliphatic heterocycles. The fourth-order valence-corrected chi connectivity index (χ4v) is 5.17. The molecule has 8 heteroatoms. The van der Waals surface area contributed by atoms with Crippen LogP contribution in [0.25, 0.3) is 0 Å². The molecule has 1 N–H and O–H groups in total. The lowest BCUT2D eigenvalue weighted by molar-refractivity contribution is -0.141. The van der Waals surface area contributed by atoms with Crippen LogP contribution in [0.2, 0.25) is 0 Å². The zero-order chi connectivity index (χ0) is 26.9. The van der Waals surface area contributed by atoms with E-state index in [0.29, 0.717) is 25.1 Å². The van der Waals surface area contributed by atoms with E-state index >= 15 is 0 Å². The molecule has 2 aromatic rings. The first-order chi connectivity index (χ1) is 17.0. The summed E-state index contributed by atoms with van der Waals surface area (Å²) in [6.45, 7) is 10.2. The van der Waals surface area contributed by atoms with E-state index in [0.717, 1.165) is 23.1 Å². The van der Waals surface area contributed by atoms with Crippen LogP contribution in [0, 0.1) is 6.92 Å². The zero-order valence-corrected chi connectivity index (χ0v) is 23.3. The molecule has 0 bridgehead atoms. The molecule has 0 unspecified atom stereocenters. The largest absolute Gasteiger partial charge is 0.352 e. The van der Waals surface area contributed by atoms with Crippen LogP contribution in [0.4, 0.5) is 5.69 Å². The third kappa shape index (κ3) is 8.66. The molecule has 2 rings (SSSR count). The number of anilines is 1. The topological polar surface area (TPSA) is 86.8 Å². The second kappa shape index (κ2) is 13.4. The average Bonchev–Trinajstić information content (AvgIpc) is 2.80. The summed E-state index contributed by atoms with van der Waals surface area (Å²) in [5, 5.41) is 2.93. The van der Waals surface area contributed by atoms with Crippen molar-refractivity contribution in [2.24, 2.45) is 0 Å². The van der Waals surface area contributed by atoms with Gasteiger partial charge in [0, 0.05) is 25.6 Å². The molecule has 198 valence electrons. The minimum absolute atomic E-state index is 0.0371. The fourth-order valence-electron chi connectivity index (χ4n) is 4.21. The Balaban J connectivity index is 2.21. The van der Waals surface area contributed by atoms with Gasteiger partial charge in [0.1, 0.15) is 6.04 Å². The van der Waals surface area contributed by atoms with E-state index in [9.17, 15) is 18.0 Å². The molecule has 0 radical (unpaired) electrons. The molecular formula is C28H41N3O4S. The maximum atomic E-state index is 13.5. The van der Waals surface area contributed by atoms with Gasteiger partial charge in [0.2, 0.25) is 21.8 Å². The number of hydrogen-bond donors (Lipinski definition) is 1. The van der Waals surface area contributed by atoms with Crippen LogP contribution < -0.4 is 9.62 Å². The number of nitrogens with one attached hydrogen (secondary N) is 1. The van der Waals surface area contributed by atoms with Crippen LogP contribution in [0.15, 0.2) is 48.5 Å². The zero-order valence-electron chi connectivity index (χ0n) is 22.5. The molecule has 0 aromatic heterocycles. The van der Waals surface area contributed by atoms with Gasteiger partial charge >= 0.3 is 0 Å². The fraction of sp³-hybridized carbons (Fsp3) is 0.500. The minimum Gasteiger partial charge on any atom is -0.352 e. The minimum atomic E-state index is -3.51. The highest BCUT2D eigenvalue weighted by Gasteiger charge is 2.29. The summed E-state index contributed by atoms with van der Waals surface area (Å²) >= 11 is 0. The SMILES string of the molecule is CCc1ccc(N(CCCC(=O)N(Cc2cccc(C)c2)[C@H](CC)C(=O)NC(C)C)S(C)(=O)=O)cc1. The van der Waals surface area contributed by atoms with Crippen LogP contribution in [0.3, 0.4) is 0 Å². The highest BCUT2D eigenvalue weighted by Crippen LogP contribution is 2.21. The van der Waals surface area contributed by atoms with Gasteiger partial charge < -0.3 is 10.2 Å². The third-order valence-corrected chi connectivity index (χ3v) is 7.23. The Morgan fingerprint density at radius 1 is 1.00 bits per heavy atom. The van der Waals surface area contributed by atoms with Crippen molar-refractivity contribution in [3.63, 3.8) is 0 Å². The molecule has 0 saturated carbocycles. The second-order valence-electron chi connectivity index (χ2n) is 9.56. The Labute approximate surface area is 216 Å². The number of amides is 2. The van der Waals surface area contributed by atoms with E-state index in [1.807, 2.05) is 71.0 Å². The van der Waals surface area contributed by atoms with Crippen molar-refractivity contribution in [1.29, 1.82) is 0 Å². The number of carbonyl (C=O) groups is 2. The van der Waals surface area contributed by atoms with Gasteiger partial charge in [-0.15, -0.1) is 0 Å². The summed E-state index contributed by atoms with van der Waals surface area (Å²) in [7, 11) is -3.51. The molecular weight excluding hydrogens is 474 g/mol. The van der Waals surface area contributed by atoms with E-state index in [-0.39, 0.29) is 30.8 Å². The highest BCUT2D eigenvalue weighted by atomic mass is 32.2. The number of hydrogen-bond acceptors (Lipinski definition) is 4. The van der Waals surface area contributed by atoms with E-state index < -0.39 is 16.1 Å². The summed E-state index contributed by atoms with van der Waals surface area (Å²) in [4.78, 5) is 28.0. The van der Waals surface area contributed by atoms with Crippen LogP contribution in [-0.2, 0) is 32.6 Å². The maximum absolute atomic E-state index is 13.5. The van der Waals surface area contributed by atoms with E-state index in [2.05, 4.69) is 5.32 Å². The molecule has 1 atom stereocenters. The summed E-state index contributed by atoms with van der Waals surface area (Å²) < 4.78 is 26.3. The van der Waals surface area contributed by atoms with Gasteiger partial charge in [0.25, 0.3) is 0 Å². The Kier molecular flexibility index (Phi) is 11.0. The van der Waals surface area contributed by atoms with Gasteiger partial charge in [-0.3, -0.25) is 13.9 Å². The molecule has 0 spiro atoms. The van der Waals surface area contributed by atoms with Gasteiger partial charge in [-0.25, -0.2) is 8.42 Å². The first-order valence-electron chi connectivity index (χ1n) is 12.7. The van der Waals surface area contributed by atoms with Crippen LogP contribution in [-0.4, -0.2) is 50.0 Å². The molecule has 0 heterocycles. The molecule has 0 aliphatic carbocycles. The predicted octanol–water partition coefficient (Wildman–Crippen LogP) is 4.44. The average molecular weight is 516 g/mol. The molecule has 0 saturated heterocycles. The standard InChI is InChI=1S/C28H41N3O4S/c1-7-23-14-16-25(17-15-23)31(36(6,34)35)18-10-13-27(32)30(20-24-12-9-11-22(5)19-24)26(8-2)28(33)29-21(3)4/h9,11-12,14-17,19,21,26H,7-8,10,13,18,20H2,1-6H3,(H,29,33)/t26-/m1/s1. The number of sulfonamides is 1. The Hall–Kier alpha value is -2.87. The quantitative estimate of drug-likeness (QED) is 0.427. The summed E-state index contributed by atoms with van der Waals surface area (Å²) in [6, 6.07) is 14.7. The molecule has 2 aromatic carbocycles. The molecule has 36 heavy (non-hydrogen) atoms. The number of aryl methyl sites for hydroxylation is 2. The van der Waals surface area contributed by atoms with Crippen molar-refractivity contribution in [3.05, 3.63) is 65.2 Å². The Morgan fingerprint density at radius 3 is 2.19 bits per heavy atom. The van der Waals surface area contributed by atoms with E-state index in [4.69, 9.17) is 0 Å². The lowest BCUT2D eigenvalue weighted by Crippen LogP contribution is -2.50. The first kappa shape index (κ1) is 29.4. The molecule has 2 amide bonds. The van der Waals surface area contributed by atoms with Gasteiger partial charge in [-0.1, -0.05) is 55.8 Å². The lowest BCUT2D eigenvalue weighted by atomic mass is 10.1. The van der Waals surface area contributed by atoms with Gasteiger partial charge in [-0.2, -0.15) is 0 Å². The van der Waals surface area contributed by atoms with Crippen molar-refractivity contribution in [2.45, 2.75) is 78.9 Å². The van der Waals surface area contributed by atoms with Crippen LogP contribution >= 0.6 is 0 Å². The van der Waals surface area contributed by atoms with Gasteiger partial charge in [-0.05, 0) is 63.3 Å². The molecule has 0 aliphatic rings. The number of benzene rings is 2. The number of nitrogens with zero attached hydrogens (tertiary/aromatic N) is 2. The maximum Gasteiger partial charge on any atom is 0.243 e. The number of rotatable bonds is 13. The van der Waals surface area contributed by atoms with Crippen LogP contribution in [0.5, 0.6) is 0 Å². The monoisotopic (exact) mass is 515 g/mol. The normalized spacial score (nSPS) is 12.3. The predicted molar refractivity (Wildman–Crippen MR) is 146 cm³/mol. The van der Waals surface area contributed by atoms with Crippen molar-refractivity contribution in [3.8, 4) is 0 Å². The van der Waals surface area contributed by atoms with E-state index in [1.54, 1.807) is 17.0 Å². The Morgan fingerprint density at radius 2 is 1.67 bits per heavy atom. The summed E-state index contributed by atoms with van der Waals surface area (Å²) in [5.41, 5.74) is 3.74. The van der Waals surface area contributed by atoms with Crippen molar-refractivity contribution in [2.75, 3.05) is 17.1 Å². The number of carbonyl (C=O) groups excluding carboxylic acids is 2. The smallest absolute Gasteiger partial charge is 0.243 e. The first-order valence-corrected chi connectivity index (χ1v) is 14.5. The second-order valence-corrected chi connectivity index (χ2v) is 11.5. The van der Waals surface area contributed by atoms with Gasteiger partial charge in [0.05, 0.1) is 11.9 Å². The van der Waals surface area contributed by atoms with Gasteiger partial charge in [0.15, 0.2) is 0 Å². The molecule has 7 nitrogen and oxygen atoms in total. The Bertz CT molecular complexity index is 1110. The third-order valence-electron chi connectivity index (χ3n) is 6.04. The highest BCUT2D eigenvalue weighted by molar-refractivity contribution is 7.92. The van der Waals surface area contributed by atoms with Crippen molar-refractivity contribution < 1.29 is 18.0 Å². The summed E-state index contributed by atoms with van der Waals surface area (Å²) in [5.74, 6) is -0.348. The van der Waals surface area contributed by atoms with E-state index in [1.165, 1.54) is 10.6 Å². The summed E-state index contributed by atoms with van der Waals surface area (Å²) in [6.07, 6.45) is 3.00. The lowest BCUT2D eigenvalue weighted by Gasteiger charge is -2.31. The van der Waals surface area contributed by atoms with Crippen LogP contribution in [0.1, 0.15) is 63.6 Å².